The van der Waals surface area contributed by atoms with Crippen molar-refractivity contribution in [3.8, 4) is 6.07 Å². The number of nitriles is 1. The van der Waals surface area contributed by atoms with Crippen LogP contribution in [-0.2, 0) is 4.74 Å². The number of benzene rings is 1. The number of urea groups is 1. The monoisotopic (exact) mass is 247 g/mol. The predicted octanol–water partition coefficient (Wildman–Crippen LogP) is 1.51. The molecule has 2 amide bonds. The zero-order chi connectivity index (χ0) is 13.4. The summed E-state index contributed by atoms with van der Waals surface area (Å²) in [6, 6.07) is 7.72. The fourth-order valence-electron chi connectivity index (χ4n) is 1.27. The Bertz CT molecular complexity index is 480. The standard InChI is InChI=1S/C12H13N3O3/c1-2-18-11(16)9-5-3-4-6-10(9)15-12(17)14-8-7-13/h3-6H,2,8H2,1H3,(H2,14,15,17). The molecule has 1 aromatic carbocycles. The van der Waals surface area contributed by atoms with E-state index < -0.39 is 12.0 Å². The second-order valence-corrected chi connectivity index (χ2v) is 3.23. The van der Waals surface area contributed by atoms with E-state index in [1.165, 1.54) is 0 Å². The molecule has 0 bridgehead atoms. The molecular weight excluding hydrogens is 234 g/mol. The summed E-state index contributed by atoms with van der Waals surface area (Å²) >= 11 is 0. The summed E-state index contributed by atoms with van der Waals surface area (Å²) in [5.74, 6) is -0.506. The quantitative estimate of drug-likeness (QED) is 0.623. The molecule has 18 heavy (non-hydrogen) atoms. The lowest BCUT2D eigenvalue weighted by Gasteiger charge is -2.09. The van der Waals surface area contributed by atoms with Crippen LogP contribution < -0.4 is 10.6 Å². The van der Waals surface area contributed by atoms with Gasteiger partial charge in [-0.25, -0.2) is 9.59 Å². The summed E-state index contributed by atoms with van der Waals surface area (Å²) in [4.78, 5) is 23.0. The van der Waals surface area contributed by atoms with E-state index in [-0.39, 0.29) is 18.7 Å². The van der Waals surface area contributed by atoms with Crippen LogP contribution in [0.4, 0.5) is 10.5 Å². The number of amides is 2. The van der Waals surface area contributed by atoms with Gasteiger partial charge in [-0.2, -0.15) is 5.26 Å². The largest absolute Gasteiger partial charge is 0.462 e. The Morgan fingerprint density at radius 1 is 1.39 bits per heavy atom. The van der Waals surface area contributed by atoms with E-state index in [4.69, 9.17) is 10.00 Å². The van der Waals surface area contributed by atoms with Gasteiger partial charge in [0.2, 0.25) is 0 Å². The lowest BCUT2D eigenvalue weighted by Crippen LogP contribution is -2.29. The van der Waals surface area contributed by atoms with Crippen molar-refractivity contribution in [3.63, 3.8) is 0 Å². The number of nitrogens with one attached hydrogen (secondary N) is 2. The molecule has 0 atom stereocenters. The highest BCUT2D eigenvalue weighted by Gasteiger charge is 2.13. The third-order valence-electron chi connectivity index (χ3n) is 2.00. The van der Waals surface area contributed by atoms with Gasteiger partial charge >= 0.3 is 12.0 Å². The van der Waals surface area contributed by atoms with E-state index in [2.05, 4.69) is 10.6 Å². The zero-order valence-corrected chi connectivity index (χ0v) is 9.90. The highest BCUT2D eigenvalue weighted by atomic mass is 16.5. The Balaban J connectivity index is 2.79. The second-order valence-electron chi connectivity index (χ2n) is 3.23. The minimum Gasteiger partial charge on any atom is -0.462 e. The number of ether oxygens (including phenoxy) is 1. The van der Waals surface area contributed by atoms with Crippen LogP contribution in [0.15, 0.2) is 24.3 Å². The predicted molar refractivity (Wildman–Crippen MR) is 65.0 cm³/mol. The summed E-state index contributed by atoms with van der Waals surface area (Å²) in [6.45, 7) is 1.86. The molecule has 0 saturated heterocycles. The van der Waals surface area contributed by atoms with Crippen molar-refractivity contribution in [1.29, 1.82) is 5.26 Å². The SMILES string of the molecule is CCOC(=O)c1ccccc1NC(=O)NCC#N. The smallest absolute Gasteiger partial charge is 0.340 e. The molecule has 0 unspecified atom stereocenters. The molecular formula is C12H13N3O3. The van der Waals surface area contributed by atoms with Gasteiger partial charge in [-0.15, -0.1) is 0 Å². The van der Waals surface area contributed by atoms with Crippen molar-refractivity contribution in [2.24, 2.45) is 0 Å². The van der Waals surface area contributed by atoms with E-state index >= 15 is 0 Å². The molecule has 0 fully saturated rings. The normalized spacial score (nSPS) is 9.11. The van der Waals surface area contributed by atoms with Gasteiger partial charge in [0.1, 0.15) is 6.54 Å². The van der Waals surface area contributed by atoms with E-state index in [0.29, 0.717) is 5.69 Å². The number of hydrogen-bond acceptors (Lipinski definition) is 4. The summed E-state index contributed by atoms with van der Waals surface area (Å²) < 4.78 is 4.87. The van der Waals surface area contributed by atoms with Crippen LogP contribution in [0.25, 0.3) is 0 Å². The highest BCUT2D eigenvalue weighted by Crippen LogP contribution is 2.15. The summed E-state index contributed by atoms with van der Waals surface area (Å²) in [5, 5.41) is 13.1. The molecule has 0 radical (unpaired) electrons. The molecule has 0 aliphatic heterocycles. The van der Waals surface area contributed by atoms with Crippen LogP contribution in [0.2, 0.25) is 0 Å². The first-order chi connectivity index (χ1) is 8.69. The number of anilines is 1. The average Bonchev–Trinajstić information content (AvgIpc) is 2.37. The first-order valence-electron chi connectivity index (χ1n) is 5.37. The molecule has 0 saturated carbocycles. The Kier molecular flexibility index (Phi) is 5.19. The van der Waals surface area contributed by atoms with Crippen molar-refractivity contribution in [2.75, 3.05) is 18.5 Å². The van der Waals surface area contributed by atoms with Gasteiger partial charge in [0, 0.05) is 0 Å². The number of rotatable bonds is 4. The van der Waals surface area contributed by atoms with Crippen LogP contribution in [0.5, 0.6) is 0 Å². The maximum Gasteiger partial charge on any atom is 0.340 e. The van der Waals surface area contributed by atoms with Crippen molar-refractivity contribution in [3.05, 3.63) is 29.8 Å². The third-order valence-corrected chi connectivity index (χ3v) is 2.00. The van der Waals surface area contributed by atoms with Crippen molar-refractivity contribution < 1.29 is 14.3 Å². The summed E-state index contributed by atoms with van der Waals surface area (Å²) in [7, 11) is 0. The third kappa shape index (κ3) is 3.79. The molecule has 0 aliphatic carbocycles. The average molecular weight is 247 g/mol. The van der Waals surface area contributed by atoms with E-state index in [9.17, 15) is 9.59 Å². The molecule has 0 aromatic heterocycles. The number of carbonyl (C=O) groups is 2. The van der Waals surface area contributed by atoms with Gasteiger partial charge in [-0.3, -0.25) is 0 Å². The van der Waals surface area contributed by atoms with Gasteiger partial charge in [0.05, 0.1) is 23.9 Å². The number of nitrogens with zero attached hydrogens (tertiary/aromatic N) is 1. The highest BCUT2D eigenvalue weighted by molar-refractivity contribution is 6.00. The molecule has 0 spiro atoms. The van der Waals surface area contributed by atoms with Gasteiger partial charge in [0.15, 0.2) is 0 Å². The van der Waals surface area contributed by atoms with Crippen LogP contribution in [0.1, 0.15) is 17.3 Å². The van der Waals surface area contributed by atoms with E-state index in [0.717, 1.165) is 0 Å². The summed E-state index contributed by atoms with van der Waals surface area (Å²) in [5.41, 5.74) is 0.609. The molecule has 1 aromatic rings. The Morgan fingerprint density at radius 3 is 2.78 bits per heavy atom. The lowest BCUT2D eigenvalue weighted by molar-refractivity contribution is 0.0527. The Labute approximate surface area is 105 Å². The number of esters is 1. The van der Waals surface area contributed by atoms with E-state index in [1.54, 1.807) is 37.3 Å². The van der Waals surface area contributed by atoms with Gasteiger partial charge < -0.3 is 15.4 Å². The molecule has 94 valence electrons. The number of para-hydroxylation sites is 1. The fourth-order valence-corrected chi connectivity index (χ4v) is 1.27. The van der Waals surface area contributed by atoms with Crippen molar-refractivity contribution in [2.45, 2.75) is 6.92 Å². The molecule has 1 rings (SSSR count). The van der Waals surface area contributed by atoms with Crippen LogP contribution in [0, 0.1) is 11.3 Å². The first-order valence-corrected chi connectivity index (χ1v) is 5.37. The molecule has 6 heteroatoms. The summed E-state index contributed by atoms with van der Waals surface area (Å²) in [6.07, 6.45) is 0. The first kappa shape index (κ1) is 13.5. The Hall–Kier alpha value is -2.55. The zero-order valence-electron chi connectivity index (χ0n) is 9.90. The van der Waals surface area contributed by atoms with Crippen LogP contribution in [-0.4, -0.2) is 25.2 Å². The lowest BCUT2D eigenvalue weighted by atomic mass is 10.2. The van der Waals surface area contributed by atoms with Gasteiger partial charge in [0.25, 0.3) is 0 Å². The number of carbonyl (C=O) groups excluding carboxylic acids is 2. The topological polar surface area (TPSA) is 91.2 Å². The van der Waals surface area contributed by atoms with Gasteiger partial charge in [-0.05, 0) is 19.1 Å². The van der Waals surface area contributed by atoms with Crippen LogP contribution in [0.3, 0.4) is 0 Å². The van der Waals surface area contributed by atoms with Crippen LogP contribution >= 0.6 is 0 Å². The maximum atomic E-state index is 11.6. The minimum atomic E-state index is -0.548. The molecule has 0 aliphatic rings. The molecule has 6 nitrogen and oxygen atoms in total. The minimum absolute atomic E-state index is 0.104. The second kappa shape index (κ2) is 6.91. The van der Waals surface area contributed by atoms with Gasteiger partial charge in [-0.1, -0.05) is 12.1 Å². The van der Waals surface area contributed by atoms with Crippen molar-refractivity contribution in [1.82, 2.24) is 5.32 Å². The fraction of sp³-hybridized carbons (Fsp3) is 0.250. The van der Waals surface area contributed by atoms with Crippen molar-refractivity contribution >= 4 is 17.7 Å². The molecule has 0 heterocycles. The molecule has 2 N–H and O–H groups in total. The Morgan fingerprint density at radius 2 is 2.11 bits per heavy atom. The number of hydrogen-bond donors (Lipinski definition) is 2. The maximum absolute atomic E-state index is 11.6. The van der Waals surface area contributed by atoms with E-state index in [1.807, 2.05) is 0 Å².